The summed E-state index contributed by atoms with van der Waals surface area (Å²) in [5.74, 6) is 0.773. The lowest BCUT2D eigenvalue weighted by Crippen LogP contribution is -2.50. The minimum absolute atomic E-state index is 0.114. The van der Waals surface area contributed by atoms with E-state index in [9.17, 15) is 4.79 Å². The van der Waals surface area contributed by atoms with Crippen molar-refractivity contribution in [2.24, 2.45) is 0 Å². The molecule has 1 saturated heterocycles. The first-order chi connectivity index (χ1) is 12.0. The molecule has 1 aromatic rings. The zero-order valence-electron chi connectivity index (χ0n) is 14.9. The number of hydrogen-bond donors (Lipinski definition) is 1. The number of hydrogen-bond acceptors (Lipinski definition) is 4. The number of halogens is 2. The molecular formula is C18H27Cl2N3O2. The monoisotopic (exact) mass is 387 g/mol. The predicted octanol–water partition coefficient (Wildman–Crippen LogP) is 2.90. The lowest BCUT2D eigenvalue weighted by molar-refractivity contribution is -0.123. The zero-order chi connectivity index (χ0) is 18.2. The first-order valence-corrected chi connectivity index (χ1v) is 9.55. The van der Waals surface area contributed by atoms with Gasteiger partial charge in [-0.1, -0.05) is 30.1 Å². The van der Waals surface area contributed by atoms with Crippen molar-refractivity contribution in [3.63, 3.8) is 0 Å². The summed E-state index contributed by atoms with van der Waals surface area (Å²) in [4.78, 5) is 16.5. The third-order valence-electron chi connectivity index (χ3n) is 4.41. The number of carbonyl (C=O) groups is 1. The van der Waals surface area contributed by atoms with Crippen LogP contribution in [0.5, 0.6) is 5.75 Å². The first kappa shape index (κ1) is 20.3. The summed E-state index contributed by atoms with van der Waals surface area (Å²) in [7, 11) is 0. The Morgan fingerprint density at radius 1 is 1.24 bits per heavy atom. The Morgan fingerprint density at radius 2 is 1.92 bits per heavy atom. The predicted molar refractivity (Wildman–Crippen MR) is 103 cm³/mol. The van der Waals surface area contributed by atoms with Gasteiger partial charge in [-0.05, 0) is 31.5 Å². The molecule has 1 N–H and O–H groups in total. The molecule has 1 heterocycles. The minimum atomic E-state index is 0.114. The van der Waals surface area contributed by atoms with E-state index in [1.54, 1.807) is 18.2 Å². The summed E-state index contributed by atoms with van der Waals surface area (Å²) < 4.78 is 5.73. The van der Waals surface area contributed by atoms with E-state index in [-0.39, 0.29) is 11.9 Å². The fraction of sp³-hybridized carbons (Fsp3) is 0.611. The Kier molecular flexibility index (Phi) is 8.30. The minimum Gasteiger partial charge on any atom is -0.491 e. The van der Waals surface area contributed by atoms with Gasteiger partial charge in [0.1, 0.15) is 12.4 Å². The number of nitrogens with zero attached hydrogens (tertiary/aromatic N) is 2. The third-order valence-corrected chi connectivity index (χ3v) is 4.94. The standard InChI is InChI=1S/C18H27Cl2N3O2/c1-3-14(2)21-18(24)13-23-8-6-22(7-9-23)10-11-25-17-5-4-15(19)12-16(17)20/h4-5,12,14H,3,6-11,13H2,1-2H3,(H,21,24). The molecule has 1 fully saturated rings. The van der Waals surface area contributed by atoms with Crippen LogP contribution in [-0.4, -0.2) is 67.6 Å². The normalized spacial score (nSPS) is 17.3. The van der Waals surface area contributed by atoms with Gasteiger partial charge in [0, 0.05) is 43.8 Å². The highest BCUT2D eigenvalue weighted by atomic mass is 35.5. The fourth-order valence-corrected chi connectivity index (χ4v) is 3.14. The molecule has 0 saturated carbocycles. The number of amides is 1. The molecule has 1 aromatic carbocycles. The summed E-state index contributed by atoms with van der Waals surface area (Å²) >= 11 is 12.0. The molecule has 1 unspecified atom stereocenters. The van der Waals surface area contributed by atoms with Crippen LogP contribution in [-0.2, 0) is 4.79 Å². The summed E-state index contributed by atoms with van der Waals surface area (Å²) in [5, 5.41) is 4.15. The van der Waals surface area contributed by atoms with Crippen LogP contribution < -0.4 is 10.1 Å². The molecule has 0 bridgehead atoms. The van der Waals surface area contributed by atoms with E-state index < -0.39 is 0 Å². The van der Waals surface area contributed by atoms with Gasteiger partial charge in [0.15, 0.2) is 0 Å². The number of nitrogens with one attached hydrogen (secondary N) is 1. The van der Waals surface area contributed by atoms with Crippen LogP contribution in [0.2, 0.25) is 10.0 Å². The van der Waals surface area contributed by atoms with Crippen LogP contribution >= 0.6 is 23.2 Å². The van der Waals surface area contributed by atoms with Gasteiger partial charge in [0.2, 0.25) is 5.91 Å². The second-order valence-electron chi connectivity index (χ2n) is 6.42. The summed E-state index contributed by atoms with van der Waals surface area (Å²) in [6, 6.07) is 5.48. The highest BCUT2D eigenvalue weighted by Crippen LogP contribution is 2.27. The molecule has 1 amide bonds. The Balaban J connectivity index is 1.64. The Bertz CT molecular complexity index is 563. The molecule has 5 nitrogen and oxygen atoms in total. The largest absolute Gasteiger partial charge is 0.491 e. The van der Waals surface area contributed by atoms with Crippen molar-refractivity contribution >= 4 is 29.1 Å². The summed E-state index contributed by atoms with van der Waals surface area (Å²) in [5.41, 5.74) is 0. The Hall–Kier alpha value is -1.01. The van der Waals surface area contributed by atoms with E-state index in [4.69, 9.17) is 27.9 Å². The molecule has 0 spiro atoms. The molecule has 7 heteroatoms. The summed E-state index contributed by atoms with van der Waals surface area (Å²) in [6.45, 7) is 9.68. The second-order valence-corrected chi connectivity index (χ2v) is 7.26. The van der Waals surface area contributed by atoms with Crippen molar-refractivity contribution in [1.29, 1.82) is 0 Å². The maximum atomic E-state index is 11.9. The maximum absolute atomic E-state index is 11.9. The number of benzene rings is 1. The van der Waals surface area contributed by atoms with Gasteiger partial charge in [-0.15, -0.1) is 0 Å². The maximum Gasteiger partial charge on any atom is 0.234 e. The molecule has 1 aliphatic rings. The Morgan fingerprint density at radius 3 is 2.56 bits per heavy atom. The van der Waals surface area contributed by atoms with Crippen LogP contribution in [0.4, 0.5) is 0 Å². The molecule has 1 atom stereocenters. The van der Waals surface area contributed by atoms with Gasteiger partial charge in [-0.2, -0.15) is 0 Å². The highest BCUT2D eigenvalue weighted by Gasteiger charge is 2.19. The van der Waals surface area contributed by atoms with Crippen LogP contribution in [0.3, 0.4) is 0 Å². The lowest BCUT2D eigenvalue weighted by atomic mass is 10.2. The number of rotatable bonds is 8. The van der Waals surface area contributed by atoms with Crippen LogP contribution in [0.1, 0.15) is 20.3 Å². The molecular weight excluding hydrogens is 361 g/mol. The molecule has 2 rings (SSSR count). The topological polar surface area (TPSA) is 44.8 Å². The van der Waals surface area contributed by atoms with Crippen molar-refractivity contribution in [3.05, 3.63) is 28.2 Å². The SMILES string of the molecule is CCC(C)NC(=O)CN1CCN(CCOc2ccc(Cl)cc2Cl)CC1. The van der Waals surface area contributed by atoms with E-state index in [0.717, 1.165) is 39.1 Å². The molecule has 1 aliphatic heterocycles. The average Bonchev–Trinajstić information content (AvgIpc) is 2.58. The molecule has 0 radical (unpaired) electrons. The van der Waals surface area contributed by atoms with Crippen molar-refractivity contribution in [2.45, 2.75) is 26.3 Å². The first-order valence-electron chi connectivity index (χ1n) is 8.80. The van der Waals surface area contributed by atoms with Gasteiger partial charge in [-0.3, -0.25) is 14.6 Å². The quantitative estimate of drug-likeness (QED) is 0.744. The second kappa shape index (κ2) is 10.2. The molecule has 0 aromatic heterocycles. The highest BCUT2D eigenvalue weighted by molar-refractivity contribution is 6.35. The van der Waals surface area contributed by atoms with Crippen molar-refractivity contribution in [2.75, 3.05) is 45.9 Å². The van der Waals surface area contributed by atoms with Gasteiger partial charge >= 0.3 is 0 Å². The van der Waals surface area contributed by atoms with E-state index in [1.165, 1.54) is 0 Å². The number of piperazine rings is 1. The van der Waals surface area contributed by atoms with Crippen LogP contribution in [0.25, 0.3) is 0 Å². The summed E-state index contributed by atoms with van der Waals surface area (Å²) in [6.07, 6.45) is 0.956. The fourth-order valence-electron chi connectivity index (χ4n) is 2.67. The van der Waals surface area contributed by atoms with E-state index >= 15 is 0 Å². The van der Waals surface area contributed by atoms with Crippen LogP contribution in [0, 0.1) is 0 Å². The van der Waals surface area contributed by atoms with Gasteiger partial charge < -0.3 is 10.1 Å². The zero-order valence-corrected chi connectivity index (χ0v) is 16.4. The third kappa shape index (κ3) is 7.02. The van der Waals surface area contributed by atoms with Crippen molar-refractivity contribution < 1.29 is 9.53 Å². The van der Waals surface area contributed by atoms with E-state index in [2.05, 4.69) is 22.0 Å². The molecule has 140 valence electrons. The van der Waals surface area contributed by atoms with Crippen molar-refractivity contribution in [3.8, 4) is 5.75 Å². The molecule has 25 heavy (non-hydrogen) atoms. The van der Waals surface area contributed by atoms with Crippen molar-refractivity contribution in [1.82, 2.24) is 15.1 Å². The van der Waals surface area contributed by atoms with E-state index in [0.29, 0.717) is 28.9 Å². The number of carbonyl (C=O) groups excluding carboxylic acids is 1. The number of ether oxygens (including phenoxy) is 1. The molecule has 0 aliphatic carbocycles. The lowest BCUT2D eigenvalue weighted by Gasteiger charge is -2.34. The average molecular weight is 388 g/mol. The Labute approximate surface area is 160 Å². The van der Waals surface area contributed by atoms with E-state index in [1.807, 2.05) is 6.92 Å². The van der Waals surface area contributed by atoms with Crippen LogP contribution in [0.15, 0.2) is 18.2 Å². The van der Waals surface area contributed by atoms with Gasteiger partial charge in [-0.25, -0.2) is 0 Å². The smallest absolute Gasteiger partial charge is 0.234 e. The van der Waals surface area contributed by atoms with Gasteiger partial charge in [0.05, 0.1) is 11.6 Å². The van der Waals surface area contributed by atoms with Gasteiger partial charge in [0.25, 0.3) is 0 Å².